The van der Waals surface area contributed by atoms with E-state index in [1.54, 1.807) is 36.7 Å². The van der Waals surface area contributed by atoms with Crippen molar-refractivity contribution in [2.45, 2.75) is 26.8 Å². The Morgan fingerprint density at radius 2 is 1.89 bits per heavy atom. The lowest BCUT2D eigenvalue weighted by atomic mass is 10.2. The van der Waals surface area contributed by atoms with E-state index in [0.717, 1.165) is 11.1 Å². The van der Waals surface area contributed by atoms with Crippen molar-refractivity contribution in [3.63, 3.8) is 0 Å². The van der Waals surface area contributed by atoms with Crippen molar-refractivity contribution in [1.29, 1.82) is 0 Å². The van der Waals surface area contributed by atoms with Crippen LogP contribution in [0.5, 0.6) is 11.5 Å². The summed E-state index contributed by atoms with van der Waals surface area (Å²) in [6.07, 6.45) is 1.74. The van der Waals surface area contributed by atoms with Gasteiger partial charge in [-0.15, -0.1) is 11.3 Å². The normalized spacial score (nSPS) is 10.7. The van der Waals surface area contributed by atoms with Gasteiger partial charge in [-0.1, -0.05) is 30.3 Å². The summed E-state index contributed by atoms with van der Waals surface area (Å²) in [6, 6.07) is 15.0. The van der Waals surface area contributed by atoms with Crippen LogP contribution in [0.3, 0.4) is 0 Å². The average Bonchev–Trinajstić information content (AvgIpc) is 3.30. The number of aromatic nitrogens is 1. The summed E-state index contributed by atoms with van der Waals surface area (Å²) >= 11 is 1.34. The van der Waals surface area contributed by atoms with Gasteiger partial charge in [0.15, 0.2) is 18.1 Å². The molecule has 3 rings (SSSR count). The summed E-state index contributed by atoms with van der Waals surface area (Å²) in [5, 5.41) is 9.37. The van der Waals surface area contributed by atoms with Crippen molar-refractivity contribution >= 4 is 34.6 Å². The highest BCUT2D eigenvalue weighted by molar-refractivity contribution is 7.13. The number of hydrogen-bond acceptors (Lipinski definition) is 9. The third kappa shape index (κ3) is 8.74. The molecule has 2 N–H and O–H groups in total. The molecule has 0 atom stereocenters. The molecule has 9 nitrogen and oxygen atoms in total. The number of benzene rings is 2. The maximum absolute atomic E-state index is 12.2. The number of hydrazone groups is 1. The first-order valence-corrected chi connectivity index (χ1v) is 12.0. The first-order chi connectivity index (χ1) is 17.1. The van der Waals surface area contributed by atoms with Crippen molar-refractivity contribution in [3.05, 3.63) is 70.7 Å². The number of anilines is 1. The lowest BCUT2D eigenvalue weighted by Gasteiger charge is -2.12. The minimum Gasteiger partial charge on any atom is -0.490 e. The van der Waals surface area contributed by atoms with Gasteiger partial charge in [0.1, 0.15) is 0 Å². The number of thiazole rings is 1. The zero-order valence-corrected chi connectivity index (χ0v) is 20.5. The van der Waals surface area contributed by atoms with Crippen LogP contribution < -0.4 is 20.2 Å². The Bertz CT molecular complexity index is 1130. The minimum atomic E-state index is -0.313. The van der Waals surface area contributed by atoms with Gasteiger partial charge >= 0.3 is 5.97 Å². The van der Waals surface area contributed by atoms with E-state index in [4.69, 9.17) is 14.2 Å². The third-order valence-electron chi connectivity index (χ3n) is 4.52. The fourth-order valence-corrected chi connectivity index (χ4v) is 3.60. The molecule has 0 spiro atoms. The number of nitrogens with zero attached hydrogens (tertiary/aromatic N) is 2. The van der Waals surface area contributed by atoms with E-state index in [1.165, 1.54) is 11.3 Å². The van der Waals surface area contributed by atoms with Gasteiger partial charge in [0.2, 0.25) is 5.13 Å². The molecule has 0 aliphatic carbocycles. The highest BCUT2D eigenvalue weighted by atomic mass is 32.1. The van der Waals surface area contributed by atoms with Gasteiger partial charge in [0, 0.05) is 11.9 Å². The standard InChI is InChI=1S/C25H28N4O5S/c1-3-32-22-12-19(15-27-29-25-28-20(17-35-25)13-24(31)33-4-2)10-11-21(22)34-16-23(30)26-14-18-8-6-5-7-9-18/h5-12,15,17H,3-4,13-14,16H2,1-2H3,(H,26,30)(H,28,29). The molecular weight excluding hydrogens is 468 g/mol. The summed E-state index contributed by atoms with van der Waals surface area (Å²) in [5.41, 5.74) is 5.26. The molecule has 35 heavy (non-hydrogen) atoms. The predicted octanol–water partition coefficient (Wildman–Crippen LogP) is 3.79. The van der Waals surface area contributed by atoms with E-state index >= 15 is 0 Å². The van der Waals surface area contributed by atoms with E-state index in [1.807, 2.05) is 37.3 Å². The van der Waals surface area contributed by atoms with Gasteiger partial charge in [-0.3, -0.25) is 15.0 Å². The molecule has 0 saturated heterocycles. The number of esters is 1. The quantitative estimate of drug-likeness (QED) is 0.210. The van der Waals surface area contributed by atoms with E-state index in [-0.39, 0.29) is 24.9 Å². The second-order valence-electron chi connectivity index (χ2n) is 7.19. The highest BCUT2D eigenvalue weighted by Crippen LogP contribution is 2.28. The zero-order chi connectivity index (χ0) is 24.9. The second-order valence-corrected chi connectivity index (χ2v) is 8.04. The molecule has 1 heterocycles. The molecule has 2 aromatic carbocycles. The molecule has 0 unspecified atom stereocenters. The third-order valence-corrected chi connectivity index (χ3v) is 5.31. The minimum absolute atomic E-state index is 0.124. The largest absolute Gasteiger partial charge is 0.490 e. The molecule has 184 valence electrons. The van der Waals surface area contributed by atoms with Gasteiger partial charge in [-0.25, -0.2) is 4.98 Å². The van der Waals surface area contributed by atoms with Crippen molar-refractivity contribution in [3.8, 4) is 11.5 Å². The number of hydrogen-bond donors (Lipinski definition) is 2. The van der Waals surface area contributed by atoms with Gasteiger partial charge in [-0.05, 0) is 43.2 Å². The summed E-state index contributed by atoms with van der Waals surface area (Å²) in [7, 11) is 0. The first kappa shape index (κ1) is 25.7. The number of rotatable bonds is 13. The van der Waals surface area contributed by atoms with E-state index in [0.29, 0.717) is 42.1 Å². The predicted molar refractivity (Wildman–Crippen MR) is 135 cm³/mol. The topological polar surface area (TPSA) is 111 Å². The lowest BCUT2D eigenvalue weighted by Crippen LogP contribution is -2.28. The number of amides is 1. The number of nitrogens with one attached hydrogen (secondary N) is 2. The molecular formula is C25H28N4O5S. The smallest absolute Gasteiger partial charge is 0.311 e. The molecule has 10 heteroatoms. The molecule has 0 fully saturated rings. The maximum Gasteiger partial charge on any atom is 0.311 e. The summed E-state index contributed by atoms with van der Waals surface area (Å²) in [6.45, 7) is 4.73. The molecule has 0 bridgehead atoms. The average molecular weight is 497 g/mol. The summed E-state index contributed by atoms with van der Waals surface area (Å²) in [5.74, 6) is 0.442. The molecule has 0 radical (unpaired) electrons. The number of carbonyl (C=O) groups excluding carboxylic acids is 2. The lowest BCUT2D eigenvalue weighted by molar-refractivity contribution is -0.142. The van der Waals surface area contributed by atoms with Gasteiger partial charge in [0.05, 0.1) is 31.5 Å². The number of ether oxygens (including phenoxy) is 3. The number of carbonyl (C=O) groups is 2. The second kappa shape index (κ2) is 13.7. The first-order valence-electron chi connectivity index (χ1n) is 11.2. The van der Waals surface area contributed by atoms with Crippen molar-refractivity contribution < 1.29 is 23.8 Å². The van der Waals surface area contributed by atoms with Crippen LogP contribution in [0.4, 0.5) is 5.13 Å². The molecule has 1 aromatic heterocycles. The molecule has 0 saturated carbocycles. The Balaban J connectivity index is 1.52. The molecule has 0 aliphatic heterocycles. The molecule has 1 amide bonds. The van der Waals surface area contributed by atoms with Crippen molar-refractivity contribution in [2.75, 3.05) is 25.2 Å². The Morgan fingerprint density at radius 1 is 1.06 bits per heavy atom. The van der Waals surface area contributed by atoms with Crippen LogP contribution in [0.1, 0.15) is 30.7 Å². The highest BCUT2D eigenvalue weighted by Gasteiger charge is 2.10. The van der Waals surface area contributed by atoms with Crippen LogP contribution >= 0.6 is 11.3 Å². The van der Waals surface area contributed by atoms with E-state index in [2.05, 4.69) is 20.8 Å². The fraction of sp³-hybridized carbons (Fsp3) is 0.280. The summed E-state index contributed by atoms with van der Waals surface area (Å²) < 4.78 is 16.3. The van der Waals surface area contributed by atoms with Crippen LogP contribution in [-0.4, -0.2) is 42.9 Å². The zero-order valence-electron chi connectivity index (χ0n) is 19.7. The molecule has 3 aromatic rings. The van der Waals surface area contributed by atoms with E-state index in [9.17, 15) is 9.59 Å². The summed E-state index contributed by atoms with van der Waals surface area (Å²) in [4.78, 5) is 28.0. The van der Waals surface area contributed by atoms with Gasteiger partial charge in [-0.2, -0.15) is 5.10 Å². The Labute approximate surface area is 208 Å². The van der Waals surface area contributed by atoms with Gasteiger partial charge < -0.3 is 19.5 Å². The molecule has 0 aliphatic rings. The SMILES string of the molecule is CCOC(=O)Cc1csc(NN=Cc2ccc(OCC(=O)NCc3ccccc3)c(OCC)c2)n1. The van der Waals surface area contributed by atoms with Crippen LogP contribution in [0, 0.1) is 0 Å². The monoisotopic (exact) mass is 496 g/mol. The van der Waals surface area contributed by atoms with Gasteiger partial charge in [0.25, 0.3) is 5.91 Å². The Kier molecular flexibility index (Phi) is 10.1. The van der Waals surface area contributed by atoms with Crippen LogP contribution in [0.25, 0.3) is 0 Å². The van der Waals surface area contributed by atoms with Crippen molar-refractivity contribution in [2.24, 2.45) is 5.10 Å². The van der Waals surface area contributed by atoms with Crippen LogP contribution in [0.2, 0.25) is 0 Å². The maximum atomic E-state index is 12.2. The van der Waals surface area contributed by atoms with Crippen molar-refractivity contribution in [1.82, 2.24) is 10.3 Å². The Hall–Kier alpha value is -3.92. The van der Waals surface area contributed by atoms with Crippen LogP contribution in [-0.2, 0) is 27.3 Å². The van der Waals surface area contributed by atoms with Crippen LogP contribution in [0.15, 0.2) is 59.0 Å². The van der Waals surface area contributed by atoms with E-state index < -0.39 is 0 Å². The fourth-order valence-electron chi connectivity index (χ4n) is 2.94. The Morgan fingerprint density at radius 3 is 2.66 bits per heavy atom.